The summed E-state index contributed by atoms with van der Waals surface area (Å²) < 4.78 is 16.7. The Morgan fingerprint density at radius 3 is 1.00 bits per heavy atom. The Bertz CT molecular complexity index is 896. The number of allylic oxidation sites excluding steroid dienone is 4. The Kier molecular flexibility index (Phi) is 42.9. The summed E-state index contributed by atoms with van der Waals surface area (Å²) in [6, 6.07) is 0. The first-order chi connectivity index (χ1) is 27.0. The first-order valence-electron chi connectivity index (χ1n) is 23.8. The summed E-state index contributed by atoms with van der Waals surface area (Å²) in [5, 5.41) is 0. The third kappa shape index (κ3) is 42.9. The van der Waals surface area contributed by atoms with Crippen LogP contribution < -0.4 is 0 Å². The van der Waals surface area contributed by atoms with Crippen LogP contribution in [-0.4, -0.2) is 37.2 Å². The molecule has 0 radical (unpaired) electrons. The number of unbranched alkanes of at least 4 members (excludes halogenated alkanes) is 28. The van der Waals surface area contributed by atoms with Crippen molar-refractivity contribution in [2.45, 2.75) is 258 Å². The average Bonchev–Trinajstić information content (AvgIpc) is 3.18. The van der Waals surface area contributed by atoms with E-state index in [2.05, 4.69) is 45.1 Å². The van der Waals surface area contributed by atoms with Gasteiger partial charge in [0.25, 0.3) is 0 Å². The van der Waals surface area contributed by atoms with Gasteiger partial charge in [-0.15, -0.1) is 0 Å². The number of ether oxygens (including phenoxy) is 3. The second kappa shape index (κ2) is 44.6. The molecule has 0 saturated heterocycles. The summed E-state index contributed by atoms with van der Waals surface area (Å²) in [4.78, 5) is 37.8. The van der Waals surface area contributed by atoms with Crippen LogP contribution in [0.25, 0.3) is 0 Å². The smallest absolute Gasteiger partial charge is 0.306 e. The molecule has 1 unspecified atom stereocenters. The lowest BCUT2D eigenvalue weighted by Crippen LogP contribution is -2.30. The topological polar surface area (TPSA) is 78.9 Å². The third-order valence-electron chi connectivity index (χ3n) is 10.4. The van der Waals surface area contributed by atoms with Crippen molar-refractivity contribution < 1.29 is 28.6 Å². The number of carbonyl (C=O) groups is 3. The molecule has 322 valence electrons. The number of rotatable bonds is 43. The molecular weight excluding hydrogens is 685 g/mol. The fraction of sp³-hybridized carbons (Fsp3) is 0.857. The Morgan fingerprint density at radius 2 is 0.618 bits per heavy atom. The Balaban J connectivity index is 4.35. The molecule has 0 rings (SSSR count). The van der Waals surface area contributed by atoms with E-state index in [1.165, 1.54) is 141 Å². The van der Waals surface area contributed by atoms with Crippen LogP contribution in [0.1, 0.15) is 252 Å². The van der Waals surface area contributed by atoms with Gasteiger partial charge >= 0.3 is 17.9 Å². The van der Waals surface area contributed by atoms with Crippen molar-refractivity contribution in [3.05, 3.63) is 24.3 Å². The van der Waals surface area contributed by atoms with Crippen molar-refractivity contribution in [1.82, 2.24) is 0 Å². The monoisotopic (exact) mass is 775 g/mol. The molecule has 55 heavy (non-hydrogen) atoms. The van der Waals surface area contributed by atoms with Crippen molar-refractivity contribution in [3.63, 3.8) is 0 Å². The van der Waals surface area contributed by atoms with Gasteiger partial charge in [-0.3, -0.25) is 14.4 Å². The van der Waals surface area contributed by atoms with Gasteiger partial charge in [-0.1, -0.05) is 193 Å². The van der Waals surface area contributed by atoms with E-state index < -0.39 is 6.10 Å². The van der Waals surface area contributed by atoms with Crippen LogP contribution in [0.5, 0.6) is 0 Å². The van der Waals surface area contributed by atoms with Gasteiger partial charge in [-0.25, -0.2) is 0 Å². The second-order valence-electron chi connectivity index (χ2n) is 16.0. The van der Waals surface area contributed by atoms with Crippen LogP contribution in [0, 0.1) is 0 Å². The third-order valence-corrected chi connectivity index (χ3v) is 10.4. The average molecular weight is 775 g/mol. The normalized spacial score (nSPS) is 12.1. The SMILES string of the molecule is CCCC/C=C\CCCCCCCC(=O)OCC(COC(=O)CCCCCCCCCCCCCCCC)OC(=O)CCCCCCC/C=C\CCCCC. The molecule has 0 bridgehead atoms. The molecule has 0 N–H and O–H groups in total. The number of hydrogen-bond acceptors (Lipinski definition) is 6. The zero-order valence-corrected chi connectivity index (χ0v) is 36.7. The maximum atomic E-state index is 12.7. The first-order valence-corrected chi connectivity index (χ1v) is 23.8. The van der Waals surface area contributed by atoms with Crippen LogP contribution in [0.2, 0.25) is 0 Å². The van der Waals surface area contributed by atoms with E-state index in [0.29, 0.717) is 19.3 Å². The van der Waals surface area contributed by atoms with Gasteiger partial charge in [0.2, 0.25) is 0 Å². The fourth-order valence-corrected chi connectivity index (χ4v) is 6.77. The molecule has 0 fully saturated rings. The maximum absolute atomic E-state index is 12.7. The quantitative estimate of drug-likeness (QED) is 0.0266. The summed E-state index contributed by atoms with van der Waals surface area (Å²) in [7, 11) is 0. The molecule has 0 aliphatic carbocycles. The standard InChI is InChI=1S/C49H90O6/c1-4-7-10-13-16-19-22-24-25-28-30-33-36-39-42-48(51)54-45-46(44-53-47(50)41-38-35-32-29-26-21-18-15-12-9-6-3)55-49(52)43-40-37-34-31-27-23-20-17-14-11-8-5-2/h15,17-18,20,46H,4-14,16,19,21-45H2,1-3H3/b18-15-,20-17-. The van der Waals surface area contributed by atoms with Gasteiger partial charge in [0.05, 0.1) is 0 Å². The summed E-state index contributed by atoms with van der Waals surface area (Å²) in [6.45, 7) is 6.57. The highest BCUT2D eigenvalue weighted by atomic mass is 16.6. The summed E-state index contributed by atoms with van der Waals surface area (Å²) in [6.07, 6.45) is 48.7. The summed E-state index contributed by atoms with van der Waals surface area (Å²) in [5.41, 5.74) is 0. The minimum atomic E-state index is -0.772. The molecule has 0 aliphatic heterocycles. The lowest BCUT2D eigenvalue weighted by atomic mass is 10.0. The molecule has 0 aromatic heterocycles. The van der Waals surface area contributed by atoms with E-state index in [4.69, 9.17) is 14.2 Å². The molecule has 0 spiro atoms. The van der Waals surface area contributed by atoms with Crippen molar-refractivity contribution in [3.8, 4) is 0 Å². The largest absolute Gasteiger partial charge is 0.462 e. The fourth-order valence-electron chi connectivity index (χ4n) is 6.77. The zero-order chi connectivity index (χ0) is 40.1. The molecule has 6 nitrogen and oxygen atoms in total. The molecule has 0 aromatic rings. The van der Waals surface area contributed by atoms with E-state index in [1.807, 2.05) is 0 Å². The van der Waals surface area contributed by atoms with Crippen molar-refractivity contribution in [2.24, 2.45) is 0 Å². The predicted octanol–water partition coefficient (Wildman–Crippen LogP) is 15.2. The Labute approximate surface area is 341 Å². The summed E-state index contributed by atoms with van der Waals surface area (Å²) in [5.74, 6) is -0.887. The van der Waals surface area contributed by atoms with Gasteiger partial charge < -0.3 is 14.2 Å². The van der Waals surface area contributed by atoms with Gasteiger partial charge in [0, 0.05) is 19.3 Å². The number of carbonyl (C=O) groups excluding carboxylic acids is 3. The summed E-state index contributed by atoms with van der Waals surface area (Å²) >= 11 is 0. The molecule has 0 saturated carbocycles. The molecular formula is C49H90O6. The highest BCUT2D eigenvalue weighted by Gasteiger charge is 2.19. The van der Waals surface area contributed by atoms with E-state index in [1.54, 1.807) is 0 Å². The lowest BCUT2D eigenvalue weighted by Gasteiger charge is -2.18. The Hall–Kier alpha value is -2.11. The van der Waals surface area contributed by atoms with E-state index in [-0.39, 0.29) is 31.1 Å². The van der Waals surface area contributed by atoms with Crippen LogP contribution in [0.15, 0.2) is 24.3 Å². The van der Waals surface area contributed by atoms with Crippen LogP contribution in [0.3, 0.4) is 0 Å². The highest BCUT2D eigenvalue weighted by Crippen LogP contribution is 2.15. The minimum Gasteiger partial charge on any atom is -0.462 e. The highest BCUT2D eigenvalue weighted by molar-refractivity contribution is 5.71. The predicted molar refractivity (Wildman–Crippen MR) is 233 cm³/mol. The van der Waals surface area contributed by atoms with Gasteiger partial charge in [0.15, 0.2) is 6.10 Å². The maximum Gasteiger partial charge on any atom is 0.306 e. The first kappa shape index (κ1) is 52.9. The minimum absolute atomic E-state index is 0.0741. The zero-order valence-electron chi connectivity index (χ0n) is 36.7. The van der Waals surface area contributed by atoms with Gasteiger partial charge in [-0.05, 0) is 64.2 Å². The van der Waals surface area contributed by atoms with E-state index in [9.17, 15) is 14.4 Å². The second-order valence-corrected chi connectivity index (χ2v) is 16.0. The molecule has 1 atom stereocenters. The van der Waals surface area contributed by atoms with Crippen molar-refractivity contribution >= 4 is 17.9 Å². The van der Waals surface area contributed by atoms with Gasteiger partial charge in [0.1, 0.15) is 13.2 Å². The van der Waals surface area contributed by atoms with E-state index in [0.717, 1.165) is 70.6 Å². The van der Waals surface area contributed by atoms with E-state index >= 15 is 0 Å². The molecule has 0 aliphatic rings. The number of esters is 3. The van der Waals surface area contributed by atoms with Crippen LogP contribution in [0.4, 0.5) is 0 Å². The van der Waals surface area contributed by atoms with Gasteiger partial charge in [-0.2, -0.15) is 0 Å². The van der Waals surface area contributed by atoms with Crippen LogP contribution in [-0.2, 0) is 28.6 Å². The number of hydrogen-bond donors (Lipinski definition) is 0. The molecule has 6 heteroatoms. The van der Waals surface area contributed by atoms with Crippen molar-refractivity contribution in [1.29, 1.82) is 0 Å². The molecule has 0 aromatic carbocycles. The molecule has 0 heterocycles. The Morgan fingerprint density at radius 1 is 0.345 bits per heavy atom. The van der Waals surface area contributed by atoms with Crippen molar-refractivity contribution in [2.75, 3.05) is 13.2 Å². The molecule has 0 amide bonds. The van der Waals surface area contributed by atoms with Crippen LogP contribution >= 0.6 is 0 Å². The lowest BCUT2D eigenvalue weighted by molar-refractivity contribution is -0.167.